The van der Waals surface area contributed by atoms with Crippen molar-refractivity contribution in [2.75, 3.05) is 13.2 Å². The molecule has 0 saturated carbocycles. The van der Waals surface area contributed by atoms with Crippen molar-refractivity contribution < 1.29 is 19.0 Å². The number of hydrogen-bond acceptors (Lipinski definition) is 7. The molecule has 2 aromatic carbocycles. The van der Waals surface area contributed by atoms with E-state index in [1.807, 2.05) is 31.2 Å². The number of carbonyl (C=O) groups excluding carboxylic acids is 1. The normalized spacial score (nSPS) is 10.9. The minimum atomic E-state index is -1.09. The van der Waals surface area contributed by atoms with E-state index in [0.717, 1.165) is 22.9 Å². The second-order valence-electron chi connectivity index (χ2n) is 6.81. The number of benzene rings is 2. The van der Waals surface area contributed by atoms with Crippen LogP contribution in [0.4, 0.5) is 0 Å². The van der Waals surface area contributed by atoms with Crippen molar-refractivity contribution in [3.63, 3.8) is 0 Å². The Kier molecular flexibility index (Phi) is 7.84. The number of hydrogen-bond donors (Lipinski definition) is 2. The summed E-state index contributed by atoms with van der Waals surface area (Å²) in [7, 11) is 0. The smallest absolute Gasteiger partial charge is 0.349 e. The molecule has 0 unspecified atom stereocenters. The monoisotopic (exact) mass is 414 g/mol. The number of thioether (sulfide) groups is 1. The first kappa shape index (κ1) is 22.5. The summed E-state index contributed by atoms with van der Waals surface area (Å²) in [5.41, 5.74) is 0.812. The maximum absolute atomic E-state index is 11.9. The lowest BCUT2D eigenvalue weighted by atomic mass is 10.1. The summed E-state index contributed by atoms with van der Waals surface area (Å²) < 4.78 is 16.3. The highest BCUT2D eigenvalue weighted by molar-refractivity contribution is 8.26. The summed E-state index contributed by atoms with van der Waals surface area (Å²) in [6.45, 7) is 7.40. The van der Waals surface area contributed by atoms with E-state index in [2.05, 4.69) is 0 Å². The zero-order valence-corrected chi connectivity index (χ0v) is 17.9. The van der Waals surface area contributed by atoms with Crippen LogP contribution in [0.5, 0.6) is 11.5 Å². The van der Waals surface area contributed by atoms with Crippen LogP contribution in [-0.4, -0.2) is 34.9 Å². The molecule has 6 nitrogen and oxygen atoms in total. The van der Waals surface area contributed by atoms with Crippen molar-refractivity contribution in [1.82, 2.24) is 0 Å². The Balaban J connectivity index is 1.85. The summed E-state index contributed by atoms with van der Waals surface area (Å²) in [6, 6.07) is 14.4. The predicted octanol–water partition coefficient (Wildman–Crippen LogP) is 4.83. The molecule has 0 bridgehead atoms. The summed E-state index contributed by atoms with van der Waals surface area (Å²) in [4.78, 5) is 11.9. The van der Waals surface area contributed by atoms with Gasteiger partial charge in [-0.05, 0) is 52.0 Å². The molecule has 0 aromatic heterocycles. The van der Waals surface area contributed by atoms with E-state index in [1.165, 1.54) is 0 Å². The molecule has 0 fully saturated rings. The van der Waals surface area contributed by atoms with E-state index in [0.29, 0.717) is 23.1 Å². The zero-order chi connectivity index (χ0) is 21.4. The van der Waals surface area contributed by atoms with Gasteiger partial charge in [0.1, 0.15) is 28.2 Å². The largest absolute Gasteiger partial charge is 0.487 e. The fourth-order valence-corrected chi connectivity index (χ4v) is 2.93. The van der Waals surface area contributed by atoms with Gasteiger partial charge in [0, 0.05) is 5.56 Å². The summed E-state index contributed by atoms with van der Waals surface area (Å²) >= 11 is 1.06. The Hall–Kier alpha value is -2.80. The third-order valence-corrected chi connectivity index (χ3v) is 4.68. The predicted molar refractivity (Wildman–Crippen MR) is 117 cm³/mol. The third kappa shape index (κ3) is 6.94. The van der Waals surface area contributed by atoms with Crippen molar-refractivity contribution in [2.24, 2.45) is 0 Å². The SMILES string of the molecule is CCOC(=O)C(C)(C)Oc1ccc(OCC(=N)SC(=N)c2ccc(C)cc2)cc1. The van der Waals surface area contributed by atoms with Crippen LogP contribution in [0.3, 0.4) is 0 Å². The Morgan fingerprint density at radius 1 is 1.00 bits per heavy atom. The van der Waals surface area contributed by atoms with Gasteiger partial charge in [-0.25, -0.2) is 4.79 Å². The molecule has 2 aromatic rings. The first-order valence-electron chi connectivity index (χ1n) is 9.21. The number of rotatable bonds is 8. The van der Waals surface area contributed by atoms with Gasteiger partial charge in [-0.2, -0.15) is 0 Å². The highest BCUT2D eigenvalue weighted by atomic mass is 32.2. The first-order valence-corrected chi connectivity index (χ1v) is 10.0. The van der Waals surface area contributed by atoms with Crippen LogP contribution in [0.15, 0.2) is 48.5 Å². The second kappa shape index (κ2) is 10.1. The lowest BCUT2D eigenvalue weighted by Crippen LogP contribution is -2.39. The third-order valence-electron chi connectivity index (χ3n) is 3.87. The molecule has 0 saturated heterocycles. The molecule has 0 radical (unpaired) electrons. The molecule has 0 aliphatic carbocycles. The molecule has 2 rings (SSSR count). The Bertz CT molecular complexity index is 861. The molecule has 2 N–H and O–H groups in total. The molecule has 0 atom stereocenters. The molecular formula is C22H26N2O4S. The van der Waals surface area contributed by atoms with E-state index >= 15 is 0 Å². The number of ether oxygens (including phenoxy) is 3. The molecule has 7 heteroatoms. The Morgan fingerprint density at radius 2 is 1.59 bits per heavy atom. The van der Waals surface area contributed by atoms with E-state index in [-0.39, 0.29) is 11.7 Å². The van der Waals surface area contributed by atoms with Gasteiger partial charge >= 0.3 is 5.97 Å². The molecule has 0 amide bonds. The average molecular weight is 415 g/mol. The van der Waals surface area contributed by atoms with Gasteiger partial charge in [-0.3, -0.25) is 10.8 Å². The zero-order valence-electron chi connectivity index (χ0n) is 17.1. The van der Waals surface area contributed by atoms with Gasteiger partial charge in [0.25, 0.3) is 0 Å². The number of nitrogens with one attached hydrogen (secondary N) is 2. The van der Waals surface area contributed by atoms with E-state index in [9.17, 15) is 4.79 Å². The van der Waals surface area contributed by atoms with Crippen LogP contribution >= 0.6 is 11.8 Å². The lowest BCUT2D eigenvalue weighted by molar-refractivity contribution is -0.158. The van der Waals surface area contributed by atoms with Gasteiger partial charge in [0.05, 0.1) is 6.61 Å². The highest BCUT2D eigenvalue weighted by Gasteiger charge is 2.31. The molecular weight excluding hydrogens is 388 g/mol. The maximum atomic E-state index is 11.9. The number of carbonyl (C=O) groups is 1. The summed E-state index contributed by atoms with van der Waals surface area (Å²) in [5, 5.41) is 16.7. The van der Waals surface area contributed by atoms with Gasteiger partial charge in [0.15, 0.2) is 5.60 Å². The molecule has 29 heavy (non-hydrogen) atoms. The lowest BCUT2D eigenvalue weighted by Gasteiger charge is -2.24. The number of esters is 1. The summed E-state index contributed by atoms with van der Waals surface area (Å²) in [6.07, 6.45) is 0. The minimum Gasteiger partial charge on any atom is -0.487 e. The van der Waals surface area contributed by atoms with E-state index < -0.39 is 11.6 Å². The quantitative estimate of drug-likeness (QED) is 0.367. The molecule has 0 spiro atoms. The minimum absolute atomic E-state index is 0.0629. The van der Waals surface area contributed by atoms with Gasteiger partial charge in [-0.1, -0.05) is 41.6 Å². The first-order chi connectivity index (χ1) is 13.7. The average Bonchev–Trinajstić information content (AvgIpc) is 2.68. The molecule has 0 aliphatic rings. The fourth-order valence-electron chi connectivity index (χ4n) is 2.31. The second-order valence-corrected chi connectivity index (χ2v) is 7.92. The molecule has 0 heterocycles. The van der Waals surface area contributed by atoms with Crippen molar-refractivity contribution in [3.8, 4) is 11.5 Å². The maximum Gasteiger partial charge on any atom is 0.349 e. The molecule has 154 valence electrons. The van der Waals surface area contributed by atoms with E-state index in [4.69, 9.17) is 25.0 Å². The van der Waals surface area contributed by atoms with Gasteiger partial charge < -0.3 is 14.2 Å². The Labute approximate surface area is 175 Å². The summed E-state index contributed by atoms with van der Waals surface area (Å²) in [5.74, 6) is 0.654. The van der Waals surface area contributed by atoms with Crippen LogP contribution in [-0.2, 0) is 9.53 Å². The van der Waals surface area contributed by atoms with Gasteiger partial charge in [0.2, 0.25) is 0 Å². The van der Waals surface area contributed by atoms with Crippen LogP contribution in [0.1, 0.15) is 31.9 Å². The highest BCUT2D eigenvalue weighted by Crippen LogP contribution is 2.23. The van der Waals surface area contributed by atoms with Crippen LogP contribution in [0, 0.1) is 17.7 Å². The van der Waals surface area contributed by atoms with Crippen LogP contribution < -0.4 is 9.47 Å². The van der Waals surface area contributed by atoms with Gasteiger partial charge in [-0.15, -0.1) is 0 Å². The van der Waals surface area contributed by atoms with Crippen molar-refractivity contribution >= 4 is 27.8 Å². The standard InChI is InChI=1S/C22H26N2O4S/c1-5-26-21(25)22(3,4)28-18-12-10-17(11-13-18)27-14-19(23)29-20(24)16-8-6-15(2)7-9-16/h6-13,23-24H,5,14H2,1-4H3. The van der Waals surface area contributed by atoms with Crippen molar-refractivity contribution in [1.29, 1.82) is 10.8 Å². The topological polar surface area (TPSA) is 92.5 Å². The van der Waals surface area contributed by atoms with Crippen LogP contribution in [0.25, 0.3) is 0 Å². The van der Waals surface area contributed by atoms with Crippen molar-refractivity contribution in [3.05, 3.63) is 59.7 Å². The Morgan fingerprint density at radius 3 is 2.17 bits per heavy atom. The van der Waals surface area contributed by atoms with Crippen LogP contribution in [0.2, 0.25) is 0 Å². The number of aryl methyl sites for hydroxylation is 1. The van der Waals surface area contributed by atoms with E-state index in [1.54, 1.807) is 45.0 Å². The fraction of sp³-hybridized carbons (Fsp3) is 0.318. The van der Waals surface area contributed by atoms with Crippen molar-refractivity contribution in [2.45, 2.75) is 33.3 Å². The molecule has 0 aliphatic heterocycles.